The van der Waals surface area contributed by atoms with Crippen molar-refractivity contribution >= 4 is 10.9 Å². The van der Waals surface area contributed by atoms with E-state index in [-0.39, 0.29) is 0 Å². The Kier molecular flexibility index (Phi) is 3.30. The van der Waals surface area contributed by atoms with E-state index in [1.165, 1.54) is 22.9 Å². The van der Waals surface area contributed by atoms with Gasteiger partial charge in [0.1, 0.15) is 0 Å². The van der Waals surface area contributed by atoms with Crippen molar-refractivity contribution in [2.24, 2.45) is 0 Å². The van der Waals surface area contributed by atoms with Gasteiger partial charge in [-0.3, -0.25) is 0 Å². The van der Waals surface area contributed by atoms with Crippen molar-refractivity contribution < 1.29 is 0 Å². The summed E-state index contributed by atoms with van der Waals surface area (Å²) >= 11 is 0. The molecule has 0 amide bonds. The van der Waals surface area contributed by atoms with Crippen molar-refractivity contribution in [3.8, 4) is 0 Å². The van der Waals surface area contributed by atoms with Gasteiger partial charge in [-0.1, -0.05) is 25.1 Å². The number of nitrogens with one attached hydrogen (secondary N) is 1. The monoisotopic (exact) mass is 216 g/mol. The maximum Gasteiger partial charge on any atom is 0.0483 e. The summed E-state index contributed by atoms with van der Waals surface area (Å²) in [5.74, 6) is 0. The summed E-state index contributed by atoms with van der Waals surface area (Å²) in [5, 5.41) is 4.69. The molecule has 2 aromatic rings. The minimum atomic E-state index is 0.406. The van der Waals surface area contributed by atoms with Crippen LogP contribution in [0.1, 0.15) is 31.9 Å². The Hall–Kier alpha value is -1.28. The summed E-state index contributed by atoms with van der Waals surface area (Å²) < 4.78 is 2.36. The topological polar surface area (TPSA) is 17.0 Å². The van der Waals surface area contributed by atoms with Crippen molar-refractivity contribution in [2.75, 3.05) is 7.05 Å². The van der Waals surface area contributed by atoms with Crippen LogP contribution in [-0.4, -0.2) is 11.6 Å². The van der Waals surface area contributed by atoms with E-state index in [4.69, 9.17) is 0 Å². The number of rotatable bonds is 4. The molecule has 0 saturated carbocycles. The lowest BCUT2D eigenvalue weighted by Gasteiger charge is -2.08. The minimum absolute atomic E-state index is 0.406. The van der Waals surface area contributed by atoms with Crippen LogP contribution in [0.25, 0.3) is 10.9 Å². The number of para-hydroxylation sites is 1. The second kappa shape index (κ2) is 4.71. The number of aryl methyl sites for hydroxylation is 1. The predicted octanol–water partition coefficient (Wildman–Crippen LogP) is 3.33. The molecule has 2 heteroatoms. The van der Waals surface area contributed by atoms with E-state index in [1.807, 2.05) is 7.05 Å². The quantitative estimate of drug-likeness (QED) is 0.829. The summed E-state index contributed by atoms with van der Waals surface area (Å²) in [5.41, 5.74) is 2.74. The van der Waals surface area contributed by atoms with Gasteiger partial charge in [0.25, 0.3) is 0 Å². The summed E-state index contributed by atoms with van der Waals surface area (Å²) in [6.07, 6.45) is 3.46. The van der Waals surface area contributed by atoms with Crippen LogP contribution in [-0.2, 0) is 6.54 Å². The Bertz CT molecular complexity index is 471. The molecule has 1 atom stereocenters. The van der Waals surface area contributed by atoms with E-state index in [9.17, 15) is 0 Å². The Balaban J connectivity index is 2.57. The largest absolute Gasteiger partial charge is 0.347 e. The molecule has 0 fully saturated rings. The lowest BCUT2D eigenvalue weighted by atomic mass is 10.1. The van der Waals surface area contributed by atoms with Gasteiger partial charge in [0.2, 0.25) is 0 Å². The maximum atomic E-state index is 3.32. The van der Waals surface area contributed by atoms with Gasteiger partial charge >= 0.3 is 0 Å². The lowest BCUT2D eigenvalue weighted by molar-refractivity contribution is 0.644. The summed E-state index contributed by atoms with van der Waals surface area (Å²) in [6, 6.07) is 9.05. The molecule has 0 aliphatic rings. The van der Waals surface area contributed by atoms with Gasteiger partial charge in [-0.25, -0.2) is 0 Å². The highest BCUT2D eigenvalue weighted by Crippen LogP contribution is 2.26. The van der Waals surface area contributed by atoms with E-state index in [0.29, 0.717) is 6.04 Å². The van der Waals surface area contributed by atoms with E-state index < -0.39 is 0 Å². The number of nitrogens with zero attached hydrogens (tertiary/aromatic N) is 1. The standard InChI is InChI=1S/C14H20N2/c1-4-9-16-10-13(11(2)15-3)12-7-5-6-8-14(12)16/h5-8,10-11,15H,4,9H2,1-3H3. The average molecular weight is 216 g/mol. The SMILES string of the molecule is CCCn1cc(C(C)NC)c2ccccc21. The molecule has 0 spiro atoms. The summed E-state index contributed by atoms with van der Waals surface area (Å²) in [6.45, 7) is 5.52. The number of hydrogen-bond donors (Lipinski definition) is 1. The fourth-order valence-electron chi connectivity index (χ4n) is 2.20. The third-order valence-corrected chi connectivity index (χ3v) is 3.18. The van der Waals surface area contributed by atoms with Crippen LogP contribution < -0.4 is 5.32 Å². The van der Waals surface area contributed by atoms with Crippen LogP contribution in [0.4, 0.5) is 0 Å². The van der Waals surface area contributed by atoms with Crippen LogP contribution in [0.5, 0.6) is 0 Å². The smallest absolute Gasteiger partial charge is 0.0483 e. The molecule has 1 heterocycles. The molecule has 0 radical (unpaired) electrons. The maximum absolute atomic E-state index is 3.32. The highest BCUT2D eigenvalue weighted by molar-refractivity contribution is 5.84. The van der Waals surface area contributed by atoms with Gasteiger partial charge in [-0.05, 0) is 32.0 Å². The molecule has 1 unspecified atom stereocenters. The normalized spacial score (nSPS) is 13.2. The van der Waals surface area contributed by atoms with Crippen molar-refractivity contribution in [2.45, 2.75) is 32.9 Å². The molecule has 16 heavy (non-hydrogen) atoms. The molecular weight excluding hydrogens is 196 g/mol. The highest BCUT2D eigenvalue weighted by Gasteiger charge is 2.11. The van der Waals surface area contributed by atoms with E-state index in [0.717, 1.165) is 6.54 Å². The van der Waals surface area contributed by atoms with Crippen LogP contribution in [0.3, 0.4) is 0 Å². The van der Waals surface area contributed by atoms with Gasteiger partial charge in [-0.2, -0.15) is 0 Å². The molecule has 2 nitrogen and oxygen atoms in total. The third-order valence-electron chi connectivity index (χ3n) is 3.18. The van der Waals surface area contributed by atoms with Gasteiger partial charge in [0, 0.05) is 29.7 Å². The number of benzene rings is 1. The molecule has 0 bridgehead atoms. The second-order valence-corrected chi connectivity index (χ2v) is 4.31. The zero-order valence-electron chi connectivity index (χ0n) is 10.3. The number of fused-ring (bicyclic) bond motifs is 1. The van der Waals surface area contributed by atoms with Gasteiger partial charge < -0.3 is 9.88 Å². The molecule has 0 aliphatic heterocycles. The first kappa shape index (κ1) is 11.2. The van der Waals surface area contributed by atoms with Crippen LogP contribution in [0, 0.1) is 0 Å². The van der Waals surface area contributed by atoms with Crippen molar-refractivity contribution in [3.63, 3.8) is 0 Å². The fourth-order valence-corrected chi connectivity index (χ4v) is 2.20. The van der Waals surface area contributed by atoms with Crippen LogP contribution in [0.2, 0.25) is 0 Å². The zero-order chi connectivity index (χ0) is 11.5. The Morgan fingerprint density at radius 2 is 2.06 bits per heavy atom. The molecule has 1 aromatic heterocycles. The first-order valence-electron chi connectivity index (χ1n) is 6.03. The zero-order valence-corrected chi connectivity index (χ0v) is 10.3. The van der Waals surface area contributed by atoms with Gasteiger partial charge in [0.15, 0.2) is 0 Å². The molecule has 86 valence electrons. The Labute approximate surface area is 97.3 Å². The third kappa shape index (κ3) is 1.85. The van der Waals surface area contributed by atoms with E-state index in [1.54, 1.807) is 0 Å². The fraction of sp³-hybridized carbons (Fsp3) is 0.429. The predicted molar refractivity (Wildman–Crippen MR) is 69.7 cm³/mol. The molecule has 0 aliphatic carbocycles. The second-order valence-electron chi connectivity index (χ2n) is 4.31. The molecule has 1 N–H and O–H groups in total. The number of aromatic nitrogens is 1. The number of hydrogen-bond acceptors (Lipinski definition) is 1. The average Bonchev–Trinajstić information content (AvgIpc) is 2.68. The molecule has 2 rings (SSSR count). The van der Waals surface area contributed by atoms with Crippen LogP contribution in [0.15, 0.2) is 30.5 Å². The van der Waals surface area contributed by atoms with Gasteiger partial charge in [-0.15, -0.1) is 0 Å². The molecule has 1 aromatic carbocycles. The highest BCUT2D eigenvalue weighted by atomic mass is 15.0. The van der Waals surface area contributed by atoms with E-state index in [2.05, 4.69) is 54.2 Å². The lowest BCUT2D eigenvalue weighted by Crippen LogP contribution is -2.11. The van der Waals surface area contributed by atoms with Crippen molar-refractivity contribution in [3.05, 3.63) is 36.0 Å². The van der Waals surface area contributed by atoms with Crippen molar-refractivity contribution in [1.82, 2.24) is 9.88 Å². The van der Waals surface area contributed by atoms with Gasteiger partial charge in [0.05, 0.1) is 0 Å². The van der Waals surface area contributed by atoms with Crippen LogP contribution >= 0.6 is 0 Å². The molecule has 0 saturated heterocycles. The van der Waals surface area contributed by atoms with Crippen molar-refractivity contribution in [1.29, 1.82) is 0 Å². The minimum Gasteiger partial charge on any atom is -0.347 e. The Morgan fingerprint density at radius 3 is 2.75 bits per heavy atom. The summed E-state index contributed by atoms with van der Waals surface area (Å²) in [7, 11) is 2.01. The summed E-state index contributed by atoms with van der Waals surface area (Å²) in [4.78, 5) is 0. The Morgan fingerprint density at radius 1 is 1.31 bits per heavy atom. The first-order chi connectivity index (χ1) is 7.77. The van der Waals surface area contributed by atoms with E-state index >= 15 is 0 Å². The first-order valence-corrected chi connectivity index (χ1v) is 6.03. The molecular formula is C14H20N2.